The third-order valence-electron chi connectivity index (χ3n) is 6.00. The number of nitrogens with one attached hydrogen (secondary N) is 3. The minimum atomic E-state index is -0.563. The second-order valence-corrected chi connectivity index (χ2v) is 9.56. The van der Waals surface area contributed by atoms with Gasteiger partial charge in [0.1, 0.15) is 5.69 Å². The van der Waals surface area contributed by atoms with Crippen LogP contribution in [-0.4, -0.2) is 71.6 Å². The molecule has 0 radical (unpaired) electrons. The SMILES string of the molecule is O=C(CC1SC(c2ccccc2)c2c(n[nH]c2-c2ccco2)NC1=O)NCCN1CCOCC1. The van der Waals surface area contributed by atoms with Gasteiger partial charge in [-0.15, -0.1) is 11.8 Å². The average molecular weight is 482 g/mol. The van der Waals surface area contributed by atoms with Gasteiger partial charge >= 0.3 is 0 Å². The number of morpholine rings is 1. The van der Waals surface area contributed by atoms with Crippen LogP contribution in [-0.2, 0) is 14.3 Å². The van der Waals surface area contributed by atoms with E-state index < -0.39 is 5.25 Å². The van der Waals surface area contributed by atoms with E-state index in [1.165, 1.54) is 11.8 Å². The minimum Gasteiger partial charge on any atom is -0.463 e. The van der Waals surface area contributed by atoms with Crippen LogP contribution in [0.2, 0.25) is 0 Å². The molecule has 1 fully saturated rings. The smallest absolute Gasteiger partial charge is 0.239 e. The highest BCUT2D eigenvalue weighted by Gasteiger charge is 2.36. The molecule has 0 aliphatic carbocycles. The van der Waals surface area contributed by atoms with Gasteiger partial charge in [0.25, 0.3) is 0 Å². The summed E-state index contributed by atoms with van der Waals surface area (Å²) in [5.41, 5.74) is 2.59. The van der Waals surface area contributed by atoms with E-state index in [-0.39, 0.29) is 23.5 Å². The van der Waals surface area contributed by atoms with Crippen LogP contribution < -0.4 is 10.6 Å². The van der Waals surface area contributed by atoms with Crippen molar-refractivity contribution in [3.63, 3.8) is 0 Å². The van der Waals surface area contributed by atoms with Gasteiger partial charge in [0.15, 0.2) is 11.6 Å². The number of ether oxygens (including phenoxy) is 1. The molecule has 10 heteroatoms. The molecule has 1 aromatic carbocycles. The van der Waals surface area contributed by atoms with Crippen LogP contribution in [0.1, 0.15) is 22.8 Å². The summed E-state index contributed by atoms with van der Waals surface area (Å²) in [6.07, 6.45) is 1.69. The fourth-order valence-corrected chi connectivity index (χ4v) is 5.67. The molecule has 1 saturated heterocycles. The van der Waals surface area contributed by atoms with Gasteiger partial charge in [0.05, 0.1) is 30.0 Å². The van der Waals surface area contributed by atoms with Gasteiger partial charge in [-0.3, -0.25) is 19.6 Å². The quantitative estimate of drug-likeness (QED) is 0.476. The molecule has 0 saturated carbocycles. The Bertz CT molecular complexity index is 1110. The van der Waals surface area contributed by atoms with Crippen LogP contribution in [0.25, 0.3) is 11.5 Å². The average Bonchev–Trinajstić information content (AvgIpc) is 3.51. The maximum Gasteiger partial charge on any atom is 0.239 e. The van der Waals surface area contributed by atoms with Crippen molar-refractivity contribution in [1.29, 1.82) is 0 Å². The number of anilines is 1. The minimum absolute atomic E-state index is 0.0903. The Labute approximate surface area is 201 Å². The Morgan fingerprint density at radius 1 is 1.18 bits per heavy atom. The van der Waals surface area contributed by atoms with Crippen LogP contribution in [0, 0.1) is 0 Å². The molecule has 2 unspecified atom stereocenters. The van der Waals surface area contributed by atoms with Gasteiger partial charge in [0.2, 0.25) is 11.8 Å². The molecule has 2 aliphatic heterocycles. The number of H-pyrrole nitrogens is 1. The molecule has 2 atom stereocenters. The highest BCUT2D eigenvalue weighted by atomic mass is 32.2. The largest absolute Gasteiger partial charge is 0.463 e. The fraction of sp³-hybridized carbons (Fsp3) is 0.375. The summed E-state index contributed by atoms with van der Waals surface area (Å²) in [6.45, 7) is 4.51. The Balaban J connectivity index is 1.33. The van der Waals surface area contributed by atoms with Gasteiger partial charge in [-0.25, -0.2) is 0 Å². The van der Waals surface area contributed by atoms with E-state index in [2.05, 4.69) is 25.7 Å². The first-order valence-corrected chi connectivity index (χ1v) is 12.3. The second-order valence-electron chi connectivity index (χ2n) is 8.25. The van der Waals surface area contributed by atoms with E-state index in [4.69, 9.17) is 9.15 Å². The number of carbonyl (C=O) groups excluding carboxylic acids is 2. The van der Waals surface area contributed by atoms with E-state index in [9.17, 15) is 9.59 Å². The summed E-state index contributed by atoms with van der Waals surface area (Å²) in [4.78, 5) is 28.1. The third kappa shape index (κ3) is 5.03. The highest BCUT2D eigenvalue weighted by Crippen LogP contribution is 2.47. The van der Waals surface area contributed by atoms with Crippen molar-refractivity contribution in [2.24, 2.45) is 0 Å². The number of nitrogens with zero attached hydrogens (tertiary/aromatic N) is 2. The first-order chi connectivity index (χ1) is 16.7. The van der Waals surface area contributed by atoms with E-state index >= 15 is 0 Å². The zero-order chi connectivity index (χ0) is 23.3. The van der Waals surface area contributed by atoms with Crippen molar-refractivity contribution < 1.29 is 18.7 Å². The standard InChI is InChI=1S/C24H27N5O4S/c30-19(25-8-9-29-10-13-32-14-11-29)15-18-24(31)26-23-20(21(27-28-23)17-7-4-12-33-17)22(34-18)16-5-2-1-3-6-16/h1-7,12,18,22H,8-11,13-15H2,(H,25,30)(H2,26,27,28,31). The summed E-state index contributed by atoms with van der Waals surface area (Å²) in [6, 6.07) is 13.6. The van der Waals surface area contributed by atoms with Crippen LogP contribution in [0.3, 0.4) is 0 Å². The van der Waals surface area contributed by atoms with E-state index in [0.29, 0.717) is 18.1 Å². The summed E-state index contributed by atoms with van der Waals surface area (Å²) < 4.78 is 11.0. The molecule has 4 heterocycles. The predicted molar refractivity (Wildman–Crippen MR) is 129 cm³/mol. The molecule has 5 rings (SSSR count). The second kappa shape index (κ2) is 10.5. The van der Waals surface area contributed by atoms with Crippen molar-refractivity contribution in [3.8, 4) is 11.5 Å². The zero-order valence-electron chi connectivity index (χ0n) is 18.7. The van der Waals surface area contributed by atoms with E-state index in [0.717, 1.165) is 49.7 Å². The normalized spacial score (nSPS) is 20.9. The number of amides is 2. The molecule has 0 spiro atoms. The summed E-state index contributed by atoms with van der Waals surface area (Å²) in [7, 11) is 0. The Morgan fingerprint density at radius 2 is 2.00 bits per heavy atom. The first-order valence-electron chi connectivity index (χ1n) is 11.4. The Kier molecular flexibility index (Phi) is 6.98. The molecule has 9 nitrogen and oxygen atoms in total. The summed E-state index contributed by atoms with van der Waals surface area (Å²) >= 11 is 1.46. The van der Waals surface area contributed by atoms with Gasteiger partial charge in [-0.1, -0.05) is 30.3 Å². The van der Waals surface area contributed by atoms with Crippen molar-refractivity contribution in [2.45, 2.75) is 16.9 Å². The lowest BCUT2D eigenvalue weighted by Gasteiger charge is -2.26. The molecular formula is C24H27N5O4S. The molecule has 0 bridgehead atoms. The number of carbonyl (C=O) groups is 2. The van der Waals surface area contributed by atoms with Gasteiger partial charge in [-0.2, -0.15) is 5.10 Å². The number of benzene rings is 1. The van der Waals surface area contributed by atoms with Crippen LogP contribution >= 0.6 is 11.8 Å². The fourth-order valence-electron chi connectivity index (χ4n) is 4.23. The van der Waals surface area contributed by atoms with Crippen molar-refractivity contribution in [2.75, 3.05) is 44.7 Å². The van der Waals surface area contributed by atoms with Gasteiger partial charge < -0.3 is 19.8 Å². The molecule has 3 N–H and O–H groups in total. The molecule has 34 heavy (non-hydrogen) atoms. The number of thioether (sulfide) groups is 1. The number of hydrogen-bond acceptors (Lipinski definition) is 7. The number of aromatic nitrogens is 2. The highest BCUT2D eigenvalue weighted by molar-refractivity contribution is 8.01. The molecule has 3 aromatic rings. The summed E-state index contributed by atoms with van der Waals surface area (Å²) in [5.74, 6) is 0.738. The monoisotopic (exact) mass is 481 g/mol. The lowest BCUT2D eigenvalue weighted by atomic mass is 10.0. The number of hydrogen-bond donors (Lipinski definition) is 3. The first kappa shape index (κ1) is 22.7. The predicted octanol–water partition coefficient (Wildman–Crippen LogP) is 2.65. The number of aromatic amines is 1. The Morgan fingerprint density at radius 3 is 2.76 bits per heavy atom. The van der Waals surface area contributed by atoms with Gasteiger partial charge in [0, 0.05) is 38.2 Å². The maximum absolute atomic E-state index is 13.1. The lowest BCUT2D eigenvalue weighted by molar-refractivity contribution is -0.124. The van der Waals surface area contributed by atoms with Crippen LogP contribution in [0.5, 0.6) is 0 Å². The van der Waals surface area contributed by atoms with Crippen molar-refractivity contribution >= 4 is 29.4 Å². The van der Waals surface area contributed by atoms with Crippen molar-refractivity contribution in [3.05, 3.63) is 59.9 Å². The zero-order valence-corrected chi connectivity index (χ0v) is 19.5. The molecular weight excluding hydrogens is 454 g/mol. The molecule has 2 aliphatic rings. The molecule has 2 amide bonds. The molecule has 2 aromatic heterocycles. The van der Waals surface area contributed by atoms with Crippen LogP contribution in [0.4, 0.5) is 5.82 Å². The lowest BCUT2D eigenvalue weighted by Crippen LogP contribution is -2.42. The third-order valence-corrected chi connectivity index (χ3v) is 7.48. The maximum atomic E-state index is 13.1. The molecule has 178 valence electrons. The van der Waals surface area contributed by atoms with E-state index in [1.807, 2.05) is 42.5 Å². The number of furan rings is 1. The van der Waals surface area contributed by atoms with Gasteiger partial charge in [-0.05, 0) is 17.7 Å². The topological polar surface area (TPSA) is 112 Å². The van der Waals surface area contributed by atoms with E-state index in [1.54, 1.807) is 6.26 Å². The Hall–Kier alpha value is -3.08. The van der Waals surface area contributed by atoms with Crippen molar-refractivity contribution in [1.82, 2.24) is 20.4 Å². The van der Waals surface area contributed by atoms with Crippen LogP contribution in [0.15, 0.2) is 53.1 Å². The summed E-state index contributed by atoms with van der Waals surface area (Å²) in [5, 5.41) is 12.5. The number of rotatable bonds is 7. The number of fused-ring (bicyclic) bond motifs is 1.